The van der Waals surface area contributed by atoms with Crippen molar-refractivity contribution in [3.63, 3.8) is 0 Å². The topological polar surface area (TPSA) is 88.1 Å². The number of carbonyl (C=O) groups excluding carboxylic acids is 1. The highest BCUT2D eigenvalue weighted by atomic mass is 79.9. The van der Waals surface area contributed by atoms with Gasteiger partial charge in [-0.05, 0) is 35.9 Å². The van der Waals surface area contributed by atoms with Crippen LogP contribution in [0.4, 0.5) is 0 Å². The Kier molecular flexibility index (Phi) is 8.15. The Morgan fingerprint density at radius 2 is 1.69 bits per heavy atom. The number of amides is 1. The van der Waals surface area contributed by atoms with Crippen molar-refractivity contribution in [3.05, 3.63) is 94.5 Å². The number of sulfonamides is 1. The number of benzene rings is 3. The van der Waals surface area contributed by atoms with E-state index in [4.69, 9.17) is 4.74 Å². The number of ether oxygens (including phenoxy) is 1. The van der Waals surface area contributed by atoms with Crippen LogP contribution in [0.25, 0.3) is 0 Å². The van der Waals surface area contributed by atoms with Crippen LogP contribution < -0.4 is 10.2 Å². The Balaban J connectivity index is 1.79. The van der Waals surface area contributed by atoms with E-state index in [9.17, 15) is 13.2 Å². The lowest BCUT2D eigenvalue weighted by molar-refractivity contribution is -0.121. The molecule has 3 aromatic rings. The molecule has 0 aliphatic rings. The Morgan fingerprint density at radius 3 is 2.34 bits per heavy atom. The van der Waals surface area contributed by atoms with Crippen LogP contribution in [0.3, 0.4) is 0 Å². The molecule has 166 valence electrons. The normalized spacial score (nSPS) is 11.6. The predicted octanol–water partition coefficient (Wildman–Crippen LogP) is 3.80. The second-order valence-corrected chi connectivity index (χ2v) is 9.54. The van der Waals surface area contributed by atoms with E-state index < -0.39 is 22.5 Å². The molecule has 0 unspecified atom stereocenters. The van der Waals surface area contributed by atoms with E-state index in [0.29, 0.717) is 5.75 Å². The molecule has 3 rings (SSSR count). The summed E-state index contributed by atoms with van der Waals surface area (Å²) in [6.07, 6.45) is 1.49. The van der Waals surface area contributed by atoms with Crippen LogP contribution in [0, 0.1) is 0 Å². The first-order valence-corrected chi connectivity index (χ1v) is 11.9. The molecule has 0 aliphatic heterocycles. The maximum atomic E-state index is 13.3. The maximum absolute atomic E-state index is 13.3. The van der Waals surface area contributed by atoms with Crippen molar-refractivity contribution in [1.29, 1.82) is 0 Å². The highest BCUT2D eigenvalue weighted by Gasteiger charge is 2.27. The number of halogens is 1. The number of nitrogens with zero attached hydrogens (tertiary/aromatic N) is 2. The molecule has 0 atom stereocenters. The summed E-state index contributed by atoms with van der Waals surface area (Å²) in [5.74, 6) is -0.0148. The average molecular weight is 516 g/mol. The van der Waals surface area contributed by atoms with Crippen molar-refractivity contribution in [2.24, 2.45) is 5.10 Å². The number of carbonyl (C=O) groups is 1. The van der Waals surface area contributed by atoms with Gasteiger partial charge in [-0.3, -0.25) is 4.79 Å². The molecule has 0 radical (unpaired) electrons. The molecular formula is C23H22BrN3O4S. The van der Waals surface area contributed by atoms with E-state index in [2.05, 4.69) is 26.5 Å². The van der Waals surface area contributed by atoms with Crippen LogP contribution in [0.5, 0.6) is 5.75 Å². The lowest BCUT2D eigenvalue weighted by Crippen LogP contribution is -2.39. The molecule has 0 bridgehead atoms. The van der Waals surface area contributed by atoms with Crippen molar-refractivity contribution in [1.82, 2.24) is 9.73 Å². The van der Waals surface area contributed by atoms with Crippen molar-refractivity contribution < 1.29 is 17.9 Å². The first-order chi connectivity index (χ1) is 15.4. The summed E-state index contributed by atoms with van der Waals surface area (Å²) in [6, 6.07) is 22.5. The standard InChI is InChI=1S/C23H22BrN3O4S/c1-31-20-11-13-21(14-12-20)32(29,30)27(16-18-7-3-2-4-8-18)17-23(28)26-25-15-19-9-5-6-10-22(19)24/h2-15H,16-17H2,1H3,(H,26,28)/b25-15-. The van der Waals surface area contributed by atoms with E-state index in [1.807, 2.05) is 42.5 Å². The van der Waals surface area contributed by atoms with Crippen molar-refractivity contribution in [2.45, 2.75) is 11.4 Å². The van der Waals surface area contributed by atoms with Gasteiger partial charge in [0.25, 0.3) is 5.91 Å². The molecule has 0 aromatic heterocycles. The summed E-state index contributed by atoms with van der Waals surface area (Å²) < 4.78 is 33.6. The summed E-state index contributed by atoms with van der Waals surface area (Å²) in [4.78, 5) is 12.6. The molecule has 32 heavy (non-hydrogen) atoms. The van der Waals surface area contributed by atoms with Gasteiger partial charge in [-0.2, -0.15) is 9.41 Å². The first-order valence-electron chi connectivity index (χ1n) is 9.64. The summed E-state index contributed by atoms with van der Waals surface area (Å²) in [6.45, 7) is -0.354. The van der Waals surface area contributed by atoms with Gasteiger partial charge >= 0.3 is 0 Å². The zero-order valence-electron chi connectivity index (χ0n) is 17.3. The van der Waals surface area contributed by atoms with Gasteiger partial charge in [-0.15, -0.1) is 0 Å². The zero-order valence-corrected chi connectivity index (χ0v) is 19.7. The minimum absolute atomic E-state index is 0.0383. The Hall–Kier alpha value is -3.01. The molecule has 0 heterocycles. The molecule has 3 aromatic carbocycles. The Morgan fingerprint density at radius 1 is 1.03 bits per heavy atom. The molecule has 7 nitrogen and oxygen atoms in total. The maximum Gasteiger partial charge on any atom is 0.255 e. The van der Waals surface area contributed by atoms with E-state index in [1.54, 1.807) is 24.3 Å². The van der Waals surface area contributed by atoms with E-state index in [-0.39, 0.29) is 11.4 Å². The van der Waals surface area contributed by atoms with Crippen LogP contribution in [0.1, 0.15) is 11.1 Å². The fourth-order valence-corrected chi connectivity index (χ4v) is 4.63. The number of rotatable bonds is 9. The number of hydrazone groups is 1. The molecule has 1 N–H and O–H groups in total. The van der Waals surface area contributed by atoms with Crippen LogP contribution >= 0.6 is 15.9 Å². The summed E-state index contributed by atoms with van der Waals surface area (Å²) in [7, 11) is -2.44. The minimum Gasteiger partial charge on any atom is -0.497 e. The first kappa shape index (κ1) is 23.6. The van der Waals surface area contributed by atoms with Gasteiger partial charge in [0.1, 0.15) is 5.75 Å². The van der Waals surface area contributed by atoms with Gasteiger partial charge < -0.3 is 4.74 Å². The Bertz CT molecular complexity index is 1180. The molecule has 0 saturated carbocycles. The third kappa shape index (κ3) is 6.25. The lowest BCUT2D eigenvalue weighted by Gasteiger charge is -2.21. The van der Waals surface area contributed by atoms with Gasteiger partial charge in [0.15, 0.2) is 0 Å². The second kappa shape index (κ2) is 11.0. The van der Waals surface area contributed by atoms with Gasteiger partial charge in [0.2, 0.25) is 10.0 Å². The predicted molar refractivity (Wildman–Crippen MR) is 127 cm³/mol. The molecule has 0 aliphatic carbocycles. The minimum atomic E-state index is -3.95. The SMILES string of the molecule is COc1ccc(S(=O)(=O)N(CC(=O)N/N=C\c2ccccc2Br)Cc2ccccc2)cc1. The lowest BCUT2D eigenvalue weighted by atomic mass is 10.2. The van der Waals surface area contributed by atoms with Crippen molar-refractivity contribution in [3.8, 4) is 5.75 Å². The molecular weight excluding hydrogens is 494 g/mol. The molecule has 9 heteroatoms. The fraction of sp³-hybridized carbons (Fsp3) is 0.130. The quantitative estimate of drug-likeness (QED) is 0.346. The summed E-state index contributed by atoms with van der Waals surface area (Å²) in [5.41, 5.74) is 3.94. The number of hydrogen-bond acceptors (Lipinski definition) is 5. The highest BCUT2D eigenvalue weighted by molar-refractivity contribution is 9.10. The summed E-state index contributed by atoms with van der Waals surface area (Å²) >= 11 is 3.40. The molecule has 0 spiro atoms. The highest BCUT2D eigenvalue weighted by Crippen LogP contribution is 2.21. The summed E-state index contributed by atoms with van der Waals surface area (Å²) in [5, 5.41) is 3.95. The van der Waals surface area contributed by atoms with Gasteiger partial charge in [-0.25, -0.2) is 13.8 Å². The molecule has 0 fully saturated rings. The van der Waals surface area contributed by atoms with Crippen LogP contribution in [-0.4, -0.2) is 38.5 Å². The van der Waals surface area contributed by atoms with Gasteiger partial charge in [0.05, 0.1) is 24.8 Å². The monoisotopic (exact) mass is 515 g/mol. The second-order valence-electron chi connectivity index (χ2n) is 6.75. The largest absolute Gasteiger partial charge is 0.497 e. The third-order valence-electron chi connectivity index (χ3n) is 4.52. The Labute approximate surface area is 195 Å². The average Bonchev–Trinajstić information content (AvgIpc) is 2.80. The number of hydrogen-bond donors (Lipinski definition) is 1. The van der Waals surface area contributed by atoms with Crippen molar-refractivity contribution >= 4 is 38.1 Å². The van der Waals surface area contributed by atoms with Gasteiger partial charge in [0, 0.05) is 16.6 Å². The molecule has 0 saturated heterocycles. The van der Waals surface area contributed by atoms with E-state index in [1.165, 1.54) is 25.5 Å². The van der Waals surface area contributed by atoms with E-state index >= 15 is 0 Å². The van der Waals surface area contributed by atoms with Crippen LogP contribution in [-0.2, 0) is 21.4 Å². The smallest absolute Gasteiger partial charge is 0.255 e. The van der Waals surface area contributed by atoms with Gasteiger partial charge in [-0.1, -0.05) is 64.5 Å². The molecule has 1 amide bonds. The zero-order chi connectivity index (χ0) is 23.0. The van der Waals surface area contributed by atoms with E-state index in [0.717, 1.165) is 19.9 Å². The van der Waals surface area contributed by atoms with Crippen LogP contribution in [0.2, 0.25) is 0 Å². The number of methoxy groups -OCH3 is 1. The number of nitrogens with one attached hydrogen (secondary N) is 1. The van der Waals surface area contributed by atoms with Crippen molar-refractivity contribution in [2.75, 3.05) is 13.7 Å². The fourth-order valence-electron chi connectivity index (χ4n) is 2.86. The third-order valence-corrected chi connectivity index (χ3v) is 7.05. The van der Waals surface area contributed by atoms with Crippen LogP contribution in [0.15, 0.2) is 93.3 Å².